The molecule has 0 spiro atoms. The summed E-state index contributed by atoms with van der Waals surface area (Å²) >= 11 is 6.25. The van der Waals surface area contributed by atoms with E-state index in [1.807, 2.05) is 48.0 Å². The molecule has 2 N–H and O–H groups in total. The molecule has 5 rings (SSSR count). The van der Waals surface area contributed by atoms with Crippen LogP contribution in [-0.4, -0.2) is 22.0 Å². The number of halogens is 1. The lowest BCUT2D eigenvalue weighted by atomic mass is 9.59. The summed E-state index contributed by atoms with van der Waals surface area (Å²) in [6.07, 6.45) is 0. The number of fused-ring (bicyclic) bond motifs is 5. The fourth-order valence-electron chi connectivity index (χ4n) is 5.15. The molecule has 0 aliphatic carbocycles. The van der Waals surface area contributed by atoms with E-state index in [1.165, 1.54) is 0 Å². The zero-order valence-corrected chi connectivity index (χ0v) is 17.7. The first-order chi connectivity index (χ1) is 13.7. The number of nitrogen functional groups attached to an aromatic ring is 1. The second kappa shape index (κ2) is 5.92. The van der Waals surface area contributed by atoms with Crippen LogP contribution in [0.15, 0.2) is 42.5 Å². The van der Waals surface area contributed by atoms with Crippen molar-refractivity contribution in [2.75, 3.05) is 12.3 Å². The van der Waals surface area contributed by atoms with E-state index in [-0.39, 0.29) is 11.3 Å². The molecule has 3 aromatic rings. The zero-order chi connectivity index (χ0) is 20.6. The summed E-state index contributed by atoms with van der Waals surface area (Å²) in [7, 11) is 0. The first kappa shape index (κ1) is 18.4. The van der Waals surface area contributed by atoms with Gasteiger partial charge in [-0.1, -0.05) is 36.7 Å². The first-order valence-corrected chi connectivity index (χ1v) is 10.2. The fourth-order valence-corrected chi connectivity index (χ4v) is 5.34. The van der Waals surface area contributed by atoms with E-state index in [9.17, 15) is 0 Å². The minimum atomic E-state index is -0.465. The maximum atomic E-state index is 6.59. The highest BCUT2D eigenvalue weighted by atomic mass is 35.5. The number of nitrogens with zero attached hydrogens (tertiary/aromatic N) is 2. The average Bonchev–Trinajstić information content (AvgIpc) is 2.98. The molecule has 2 atom stereocenters. The van der Waals surface area contributed by atoms with Gasteiger partial charge in [-0.25, -0.2) is 4.68 Å². The first-order valence-electron chi connectivity index (χ1n) is 9.80. The Bertz CT molecular complexity index is 1140. The molecule has 2 aliphatic heterocycles. The molecule has 0 radical (unpaired) electrons. The number of benzene rings is 2. The summed E-state index contributed by atoms with van der Waals surface area (Å²) in [4.78, 5) is 0. The van der Waals surface area contributed by atoms with Gasteiger partial charge < -0.3 is 15.2 Å². The third-order valence-corrected chi connectivity index (χ3v) is 6.72. The fraction of sp³-hybridized carbons (Fsp3) is 0.348. The van der Waals surface area contributed by atoms with Crippen molar-refractivity contribution in [1.29, 1.82) is 0 Å². The molecule has 5 nitrogen and oxygen atoms in total. The SMILES string of the molecule is Cc1nn(-c2cccc(Cl)c2)c2c1[C@]1(C)c3cccc(N)c3OC[C@@H]1C(C)(C)O2. The lowest BCUT2D eigenvalue weighted by Crippen LogP contribution is -2.57. The van der Waals surface area contributed by atoms with Gasteiger partial charge in [0.25, 0.3) is 0 Å². The summed E-state index contributed by atoms with van der Waals surface area (Å²) < 4.78 is 14.6. The van der Waals surface area contributed by atoms with Crippen LogP contribution in [0, 0.1) is 12.8 Å². The zero-order valence-electron chi connectivity index (χ0n) is 17.0. The number of hydrogen-bond donors (Lipinski definition) is 1. The van der Waals surface area contributed by atoms with Crippen molar-refractivity contribution in [3.63, 3.8) is 0 Å². The van der Waals surface area contributed by atoms with Crippen molar-refractivity contribution < 1.29 is 9.47 Å². The number of anilines is 1. The van der Waals surface area contributed by atoms with E-state index in [0.717, 1.165) is 34.1 Å². The molecule has 1 aromatic heterocycles. The highest BCUT2D eigenvalue weighted by molar-refractivity contribution is 6.30. The monoisotopic (exact) mass is 409 g/mol. The standard InChI is InChI=1S/C23H24ClN3O2/c1-13-19-21(27(26-13)15-8-5-7-14(24)11-15)29-22(2,3)18-12-28-20-16(23(18,19)4)9-6-10-17(20)25/h5-11,18H,12,25H2,1-4H3/t18-,23-/m1/s1. The van der Waals surface area contributed by atoms with Gasteiger partial charge in [0.2, 0.25) is 5.88 Å². The quantitative estimate of drug-likeness (QED) is 0.580. The van der Waals surface area contributed by atoms with E-state index in [2.05, 4.69) is 26.8 Å². The number of rotatable bonds is 1. The molecule has 6 heteroatoms. The average molecular weight is 410 g/mol. The van der Waals surface area contributed by atoms with Gasteiger partial charge in [0.05, 0.1) is 23.7 Å². The third kappa shape index (κ3) is 2.43. The Balaban J connectivity index is 1.82. The van der Waals surface area contributed by atoms with Crippen molar-refractivity contribution in [2.24, 2.45) is 5.92 Å². The van der Waals surface area contributed by atoms with Crippen LogP contribution in [0.1, 0.15) is 37.6 Å². The molecule has 3 heterocycles. The van der Waals surface area contributed by atoms with E-state index >= 15 is 0 Å². The molecule has 0 amide bonds. The summed E-state index contributed by atoms with van der Waals surface area (Å²) in [5.74, 6) is 1.63. The Morgan fingerprint density at radius 1 is 1.17 bits per heavy atom. The molecule has 0 bridgehead atoms. The molecule has 2 aliphatic rings. The van der Waals surface area contributed by atoms with E-state index in [1.54, 1.807) is 0 Å². The maximum Gasteiger partial charge on any atom is 0.221 e. The van der Waals surface area contributed by atoms with Gasteiger partial charge in [-0.15, -0.1) is 0 Å². The molecule has 0 fully saturated rings. The number of hydrogen-bond acceptors (Lipinski definition) is 4. The molecule has 0 saturated heterocycles. The Hall–Kier alpha value is -2.66. The Morgan fingerprint density at radius 2 is 1.93 bits per heavy atom. The Morgan fingerprint density at radius 3 is 2.69 bits per heavy atom. The Labute approximate surface area is 175 Å². The molecular weight excluding hydrogens is 386 g/mol. The van der Waals surface area contributed by atoms with Crippen molar-refractivity contribution >= 4 is 17.3 Å². The predicted octanol–water partition coefficient (Wildman–Crippen LogP) is 4.90. The minimum Gasteiger partial charge on any atom is -0.491 e. The van der Waals surface area contributed by atoms with E-state index in [0.29, 0.717) is 17.3 Å². The van der Waals surface area contributed by atoms with Gasteiger partial charge in [-0.3, -0.25) is 0 Å². The normalized spacial score (nSPS) is 24.0. The molecule has 29 heavy (non-hydrogen) atoms. The maximum absolute atomic E-state index is 6.59. The molecule has 0 unspecified atom stereocenters. The highest BCUT2D eigenvalue weighted by Gasteiger charge is 2.58. The number of aryl methyl sites for hydroxylation is 1. The van der Waals surface area contributed by atoms with Gasteiger partial charge in [0.15, 0.2) is 0 Å². The second-order valence-electron chi connectivity index (χ2n) is 8.65. The Kier molecular flexibility index (Phi) is 3.75. The summed E-state index contributed by atoms with van der Waals surface area (Å²) in [5.41, 5.74) is 10.1. The van der Waals surface area contributed by atoms with Gasteiger partial charge in [-0.05, 0) is 45.0 Å². The summed E-state index contributed by atoms with van der Waals surface area (Å²) in [5, 5.41) is 5.52. The predicted molar refractivity (Wildman–Crippen MR) is 114 cm³/mol. The number of nitrogens with two attached hydrogens (primary N) is 1. The number of para-hydroxylation sites is 1. The largest absolute Gasteiger partial charge is 0.491 e. The van der Waals surface area contributed by atoms with Crippen molar-refractivity contribution in [1.82, 2.24) is 9.78 Å². The highest BCUT2D eigenvalue weighted by Crippen LogP contribution is 2.58. The van der Waals surface area contributed by atoms with Crippen LogP contribution in [-0.2, 0) is 5.41 Å². The van der Waals surface area contributed by atoms with Gasteiger partial charge in [0.1, 0.15) is 11.4 Å². The van der Waals surface area contributed by atoms with Crippen LogP contribution in [0.4, 0.5) is 5.69 Å². The van der Waals surface area contributed by atoms with Crippen LogP contribution in [0.25, 0.3) is 5.69 Å². The summed E-state index contributed by atoms with van der Waals surface area (Å²) in [6, 6.07) is 13.6. The van der Waals surface area contributed by atoms with Gasteiger partial charge in [0, 0.05) is 27.5 Å². The van der Waals surface area contributed by atoms with Crippen LogP contribution in [0.5, 0.6) is 11.6 Å². The van der Waals surface area contributed by atoms with E-state index in [4.69, 9.17) is 31.9 Å². The summed E-state index contributed by atoms with van der Waals surface area (Å²) in [6.45, 7) is 9.06. The van der Waals surface area contributed by atoms with Crippen LogP contribution in [0.2, 0.25) is 5.02 Å². The van der Waals surface area contributed by atoms with Crippen LogP contribution < -0.4 is 15.2 Å². The molecule has 0 saturated carbocycles. The van der Waals surface area contributed by atoms with Crippen LogP contribution >= 0.6 is 11.6 Å². The van der Waals surface area contributed by atoms with Crippen molar-refractivity contribution in [2.45, 2.75) is 38.7 Å². The lowest BCUT2D eigenvalue weighted by Gasteiger charge is -2.52. The third-order valence-electron chi connectivity index (χ3n) is 6.49. The van der Waals surface area contributed by atoms with Gasteiger partial charge >= 0.3 is 0 Å². The van der Waals surface area contributed by atoms with Crippen molar-refractivity contribution in [3.8, 4) is 17.3 Å². The molecular formula is C23H24ClN3O2. The number of aromatic nitrogens is 2. The van der Waals surface area contributed by atoms with Crippen LogP contribution in [0.3, 0.4) is 0 Å². The minimum absolute atomic E-state index is 0.104. The molecule has 150 valence electrons. The molecule has 2 aromatic carbocycles. The topological polar surface area (TPSA) is 62.3 Å². The smallest absolute Gasteiger partial charge is 0.221 e. The van der Waals surface area contributed by atoms with Crippen molar-refractivity contribution in [3.05, 3.63) is 64.3 Å². The second-order valence-corrected chi connectivity index (χ2v) is 9.09. The van der Waals surface area contributed by atoms with E-state index < -0.39 is 5.60 Å². The number of ether oxygens (including phenoxy) is 2. The lowest BCUT2D eigenvalue weighted by molar-refractivity contribution is -0.0438. The van der Waals surface area contributed by atoms with Gasteiger partial charge in [-0.2, -0.15) is 5.10 Å².